The fourth-order valence-electron chi connectivity index (χ4n) is 1.81. The molecule has 0 saturated heterocycles. The van der Waals surface area contributed by atoms with E-state index in [1.165, 1.54) is 24.3 Å². The third kappa shape index (κ3) is 3.27. The van der Waals surface area contributed by atoms with Crippen molar-refractivity contribution in [2.75, 3.05) is 0 Å². The number of amides is 1. The Labute approximate surface area is 119 Å². The van der Waals surface area contributed by atoms with Crippen LogP contribution < -0.4 is 10.5 Å². The molecule has 2 aromatic rings. The SMILES string of the molecule is Cc1cc(O)cc(Oc2cc(C(N)=O)ccc2[N+](=O)[O-])c1. The average Bonchev–Trinajstić information content (AvgIpc) is 2.36. The summed E-state index contributed by atoms with van der Waals surface area (Å²) in [5, 5.41) is 20.5. The van der Waals surface area contributed by atoms with E-state index in [0.717, 1.165) is 11.6 Å². The Morgan fingerprint density at radius 1 is 1.29 bits per heavy atom. The highest BCUT2D eigenvalue weighted by Crippen LogP contribution is 2.33. The highest BCUT2D eigenvalue weighted by Gasteiger charge is 2.18. The lowest BCUT2D eigenvalue weighted by Gasteiger charge is -2.08. The van der Waals surface area contributed by atoms with E-state index in [2.05, 4.69) is 0 Å². The van der Waals surface area contributed by atoms with Crippen LogP contribution in [0.1, 0.15) is 15.9 Å². The Morgan fingerprint density at radius 2 is 2.00 bits per heavy atom. The number of nitro benzene ring substituents is 1. The minimum Gasteiger partial charge on any atom is -0.508 e. The van der Waals surface area contributed by atoms with Gasteiger partial charge in [0.05, 0.1) is 4.92 Å². The number of phenols is 1. The molecule has 108 valence electrons. The normalized spacial score (nSPS) is 10.1. The molecule has 3 N–H and O–H groups in total. The number of aryl methyl sites for hydroxylation is 1. The monoisotopic (exact) mass is 288 g/mol. The third-order valence-corrected chi connectivity index (χ3v) is 2.70. The first-order valence-electron chi connectivity index (χ1n) is 5.93. The number of hydrogen-bond acceptors (Lipinski definition) is 5. The van der Waals surface area contributed by atoms with Crippen molar-refractivity contribution < 1.29 is 19.6 Å². The molecule has 21 heavy (non-hydrogen) atoms. The molecule has 0 unspecified atom stereocenters. The van der Waals surface area contributed by atoms with Gasteiger partial charge in [0.2, 0.25) is 11.7 Å². The molecule has 7 nitrogen and oxygen atoms in total. The van der Waals surface area contributed by atoms with E-state index in [4.69, 9.17) is 10.5 Å². The van der Waals surface area contributed by atoms with Gasteiger partial charge in [-0.1, -0.05) is 0 Å². The highest BCUT2D eigenvalue weighted by atomic mass is 16.6. The van der Waals surface area contributed by atoms with Gasteiger partial charge in [-0.15, -0.1) is 0 Å². The standard InChI is InChI=1S/C14H12N2O5/c1-8-4-10(17)7-11(5-8)21-13-6-9(14(15)18)2-3-12(13)16(19)20/h2-7,17H,1H3,(H2,15,18). The van der Waals surface area contributed by atoms with Crippen LogP contribution in [0.15, 0.2) is 36.4 Å². The molecular weight excluding hydrogens is 276 g/mol. The molecule has 0 aliphatic rings. The van der Waals surface area contributed by atoms with Gasteiger partial charge in [0.1, 0.15) is 11.5 Å². The predicted molar refractivity (Wildman–Crippen MR) is 74.5 cm³/mol. The molecule has 0 atom stereocenters. The van der Waals surface area contributed by atoms with Crippen molar-refractivity contribution in [3.05, 3.63) is 57.6 Å². The summed E-state index contributed by atoms with van der Waals surface area (Å²) in [5.74, 6) is -0.654. The van der Waals surface area contributed by atoms with E-state index < -0.39 is 10.8 Å². The van der Waals surface area contributed by atoms with Crippen LogP contribution in [0.4, 0.5) is 5.69 Å². The minimum absolute atomic E-state index is 0.0290. The molecule has 0 radical (unpaired) electrons. The van der Waals surface area contributed by atoms with Crippen LogP contribution in [-0.4, -0.2) is 15.9 Å². The maximum Gasteiger partial charge on any atom is 0.311 e. The van der Waals surface area contributed by atoms with Crippen molar-refractivity contribution in [2.45, 2.75) is 6.92 Å². The van der Waals surface area contributed by atoms with E-state index in [0.29, 0.717) is 0 Å². The van der Waals surface area contributed by atoms with Gasteiger partial charge in [0.15, 0.2) is 0 Å². The van der Waals surface area contributed by atoms with Gasteiger partial charge < -0.3 is 15.6 Å². The lowest BCUT2D eigenvalue weighted by molar-refractivity contribution is -0.385. The molecule has 0 bridgehead atoms. The fourth-order valence-corrected chi connectivity index (χ4v) is 1.81. The molecule has 0 fully saturated rings. The van der Waals surface area contributed by atoms with Crippen LogP contribution in [0.3, 0.4) is 0 Å². The number of benzene rings is 2. The van der Waals surface area contributed by atoms with Gasteiger partial charge in [-0.05, 0) is 30.7 Å². The summed E-state index contributed by atoms with van der Waals surface area (Å²) in [7, 11) is 0. The summed E-state index contributed by atoms with van der Waals surface area (Å²) in [6.07, 6.45) is 0. The van der Waals surface area contributed by atoms with Crippen LogP contribution >= 0.6 is 0 Å². The molecule has 0 aliphatic carbocycles. The second-order valence-corrected chi connectivity index (χ2v) is 4.41. The van der Waals surface area contributed by atoms with Gasteiger partial charge in [0, 0.05) is 23.8 Å². The molecule has 2 aromatic carbocycles. The van der Waals surface area contributed by atoms with Crippen molar-refractivity contribution in [3.8, 4) is 17.2 Å². The van der Waals surface area contributed by atoms with Gasteiger partial charge >= 0.3 is 5.69 Å². The van der Waals surface area contributed by atoms with Crippen LogP contribution in [-0.2, 0) is 0 Å². The third-order valence-electron chi connectivity index (χ3n) is 2.70. The number of nitrogens with two attached hydrogens (primary N) is 1. The molecule has 0 spiro atoms. The number of nitrogens with zero attached hydrogens (tertiary/aromatic N) is 1. The zero-order valence-electron chi connectivity index (χ0n) is 11.1. The Bertz CT molecular complexity index is 707. The van der Waals surface area contributed by atoms with Crippen LogP contribution in [0.25, 0.3) is 0 Å². The maximum atomic E-state index is 11.2. The molecule has 0 heterocycles. The van der Waals surface area contributed by atoms with Crippen molar-refractivity contribution in [1.29, 1.82) is 0 Å². The number of carbonyl (C=O) groups is 1. The van der Waals surface area contributed by atoms with Crippen molar-refractivity contribution >= 4 is 11.6 Å². The molecule has 0 aromatic heterocycles. The number of aromatic hydroxyl groups is 1. The molecule has 0 saturated carbocycles. The van der Waals surface area contributed by atoms with Crippen LogP contribution in [0, 0.1) is 17.0 Å². The molecule has 0 aliphatic heterocycles. The highest BCUT2D eigenvalue weighted by molar-refractivity contribution is 5.93. The average molecular weight is 288 g/mol. The van der Waals surface area contributed by atoms with Crippen molar-refractivity contribution in [3.63, 3.8) is 0 Å². The number of ether oxygens (including phenoxy) is 1. The second kappa shape index (κ2) is 5.49. The maximum absolute atomic E-state index is 11.2. The van der Waals surface area contributed by atoms with Crippen LogP contribution in [0.2, 0.25) is 0 Å². The first-order chi connectivity index (χ1) is 9.86. The Hall–Kier alpha value is -3.09. The Balaban J connectivity index is 2.47. The van der Waals surface area contributed by atoms with Gasteiger partial charge in [0.25, 0.3) is 0 Å². The van der Waals surface area contributed by atoms with Crippen molar-refractivity contribution in [2.24, 2.45) is 5.73 Å². The zero-order chi connectivity index (χ0) is 15.6. The van der Waals surface area contributed by atoms with Crippen LogP contribution in [0.5, 0.6) is 17.2 Å². The number of rotatable bonds is 4. The number of carbonyl (C=O) groups excluding carboxylic acids is 1. The lowest BCUT2D eigenvalue weighted by atomic mass is 10.1. The van der Waals surface area contributed by atoms with Gasteiger partial charge in [-0.2, -0.15) is 0 Å². The summed E-state index contributed by atoms with van der Waals surface area (Å²) in [5.41, 5.74) is 5.65. The number of primary amides is 1. The summed E-state index contributed by atoms with van der Waals surface area (Å²) in [6.45, 7) is 1.74. The minimum atomic E-state index is -0.721. The predicted octanol–water partition coefficient (Wildman–Crippen LogP) is 2.50. The zero-order valence-corrected chi connectivity index (χ0v) is 11.1. The topological polar surface area (TPSA) is 116 Å². The van der Waals surface area contributed by atoms with E-state index in [-0.39, 0.29) is 28.5 Å². The number of nitro groups is 1. The van der Waals surface area contributed by atoms with Crippen molar-refractivity contribution in [1.82, 2.24) is 0 Å². The largest absolute Gasteiger partial charge is 0.508 e. The lowest BCUT2D eigenvalue weighted by Crippen LogP contribution is -2.11. The first-order valence-corrected chi connectivity index (χ1v) is 5.93. The number of phenolic OH excluding ortho intramolecular Hbond substituents is 1. The summed E-state index contributed by atoms with van der Waals surface area (Å²) >= 11 is 0. The summed E-state index contributed by atoms with van der Waals surface area (Å²) < 4.78 is 5.41. The fraction of sp³-hybridized carbons (Fsp3) is 0.0714. The molecule has 1 amide bonds. The second-order valence-electron chi connectivity index (χ2n) is 4.41. The molecule has 7 heteroatoms. The smallest absolute Gasteiger partial charge is 0.311 e. The molecule has 2 rings (SSSR count). The quantitative estimate of drug-likeness (QED) is 0.662. The van der Waals surface area contributed by atoms with E-state index in [1.807, 2.05) is 0 Å². The van der Waals surface area contributed by atoms with Gasteiger partial charge in [-0.3, -0.25) is 14.9 Å². The summed E-state index contributed by atoms with van der Waals surface area (Å²) in [6, 6.07) is 8.02. The Morgan fingerprint density at radius 3 is 2.57 bits per heavy atom. The van der Waals surface area contributed by atoms with Gasteiger partial charge in [-0.25, -0.2) is 0 Å². The number of hydrogen-bond donors (Lipinski definition) is 2. The first kappa shape index (κ1) is 14.3. The van der Waals surface area contributed by atoms with E-state index >= 15 is 0 Å². The van der Waals surface area contributed by atoms with E-state index in [1.54, 1.807) is 13.0 Å². The molecular formula is C14H12N2O5. The summed E-state index contributed by atoms with van der Waals surface area (Å²) in [4.78, 5) is 21.5. The van der Waals surface area contributed by atoms with E-state index in [9.17, 15) is 20.0 Å². The Kier molecular flexibility index (Phi) is 3.75.